The standard InChI is InChI=1S/C6H7ClN2O3S/c1-12-6-2-5(13(8,10)11)4(7)3-9-6/h2-3H,1H3,(H2,8,10,11). The van der Waals surface area contributed by atoms with Gasteiger partial charge in [0.25, 0.3) is 0 Å². The molecular weight excluding hydrogens is 216 g/mol. The van der Waals surface area contributed by atoms with E-state index >= 15 is 0 Å². The van der Waals surface area contributed by atoms with Crippen molar-refractivity contribution in [3.05, 3.63) is 17.3 Å². The number of primary sulfonamides is 1. The van der Waals surface area contributed by atoms with Crippen molar-refractivity contribution in [2.24, 2.45) is 5.14 Å². The van der Waals surface area contributed by atoms with E-state index in [9.17, 15) is 8.42 Å². The molecule has 13 heavy (non-hydrogen) atoms. The van der Waals surface area contributed by atoms with E-state index in [0.29, 0.717) is 0 Å². The normalized spacial score (nSPS) is 11.3. The molecule has 1 aromatic rings. The monoisotopic (exact) mass is 222 g/mol. The largest absolute Gasteiger partial charge is 0.481 e. The topological polar surface area (TPSA) is 82.3 Å². The van der Waals surface area contributed by atoms with Gasteiger partial charge in [-0.2, -0.15) is 0 Å². The molecule has 72 valence electrons. The van der Waals surface area contributed by atoms with E-state index in [1.165, 1.54) is 13.3 Å². The third-order valence-corrected chi connectivity index (χ3v) is 2.67. The van der Waals surface area contributed by atoms with Gasteiger partial charge in [0.1, 0.15) is 4.90 Å². The van der Waals surface area contributed by atoms with Gasteiger partial charge >= 0.3 is 0 Å². The van der Waals surface area contributed by atoms with Gasteiger partial charge in [-0.3, -0.25) is 0 Å². The number of pyridine rings is 1. The average molecular weight is 223 g/mol. The van der Waals surface area contributed by atoms with Crippen molar-refractivity contribution in [2.45, 2.75) is 4.90 Å². The highest BCUT2D eigenvalue weighted by molar-refractivity contribution is 7.89. The van der Waals surface area contributed by atoms with E-state index in [0.717, 1.165) is 6.07 Å². The number of hydrogen-bond donors (Lipinski definition) is 1. The summed E-state index contributed by atoms with van der Waals surface area (Å²) in [7, 11) is -2.45. The van der Waals surface area contributed by atoms with E-state index in [4.69, 9.17) is 21.5 Å². The predicted molar refractivity (Wildman–Crippen MR) is 47.2 cm³/mol. The number of halogens is 1. The second-order valence-electron chi connectivity index (χ2n) is 2.20. The zero-order chi connectivity index (χ0) is 10.1. The number of nitrogens with two attached hydrogens (primary N) is 1. The van der Waals surface area contributed by atoms with E-state index in [1.54, 1.807) is 0 Å². The smallest absolute Gasteiger partial charge is 0.239 e. The maximum atomic E-state index is 10.9. The third kappa shape index (κ3) is 2.30. The number of nitrogens with zero attached hydrogens (tertiary/aromatic N) is 1. The second-order valence-corrected chi connectivity index (χ2v) is 4.14. The van der Waals surface area contributed by atoms with Gasteiger partial charge in [0.05, 0.1) is 18.3 Å². The minimum absolute atomic E-state index is 0.0247. The predicted octanol–water partition coefficient (Wildman–Crippen LogP) is 0.391. The van der Waals surface area contributed by atoms with Crippen molar-refractivity contribution in [3.8, 4) is 5.88 Å². The van der Waals surface area contributed by atoms with Gasteiger partial charge in [0.2, 0.25) is 15.9 Å². The molecule has 0 radical (unpaired) electrons. The Bertz CT molecular complexity index is 418. The minimum Gasteiger partial charge on any atom is -0.481 e. The van der Waals surface area contributed by atoms with Crippen LogP contribution in [0.15, 0.2) is 17.2 Å². The Morgan fingerprint density at radius 3 is 2.69 bits per heavy atom. The van der Waals surface area contributed by atoms with Gasteiger partial charge in [-0.1, -0.05) is 11.6 Å². The molecule has 0 fully saturated rings. The summed E-state index contributed by atoms with van der Waals surface area (Å²) in [4.78, 5) is 3.50. The lowest BCUT2D eigenvalue weighted by molar-refractivity contribution is 0.396. The van der Waals surface area contributed by atoms with Crippen molar-refractivity contribution < 1.29 is 13.2 Å². The molecule has 0 spiro atoms. The molecule has 0 saturated carbocycles. The average Bonchev–Trinajstić information content (AvgIpc) is 2.03. The highest BCUT2D eigenvalue weighted by atomic mass is 35.5. The number of ether oxygens (including phenoxy) is 1. The van der Waals surface area contributed by atoms with Gasteiger partial charge in [0, 0.05) is 6.07 Å². The Labute approximate surface area is 80.5 Å². The summed E-state index contributed by atoms with van der Waals surface area (Å²) >= 11 is 5.56. The molecule has 0 aliphatic rings. The lowest BCUT2D eigenvalue weighted by atomic mass is 10.5. The lowest BCUT2D eigenvalue weighted by Gasteiger charge is -2.03. The van der Waals surface area contributed by atoms with Gasteiger partial charge < -0.3 is 4.74 Å². The van der Waals surface area contributed by atoms with E-state index in [-0.39, 0.29) is 15.8 Å². The third-order valence-electron chi connectivity index (χ3n) is 1.31. The van der Waals surface area contributed by atoms with Crippen LogP contribution in [0, 0.1) is 0 Å². The van der Waals surface area contributed by atoms with E-state index in [1.807, 2.05) is 0 Å². The Balaban J connectivity index is 3.36. The Hall–Kier alpha value is -0.850. The SMILES string of the molecule is COc1cc(S(N)(=O)=O)c(Cl)cn1. The summed E-state index contributed by atoms with van der Waals surface area (Å²) in [5.41, 5.74) is 0. The lowest BCUT2D eigenvalue weighted by Crippen LogP contribution is -2.13. The maximum absolute atomic E-state index is 10.9. The van der Waals surface area contributed by atoms with E-state index < -0.39 is 10.0 Å². The molecule has 1 aromatic heterocycles. The highest BCUT2D eigenvalue weighted by Gasteiger charge is 2.14. The molecule has 1 heterocycles. The Morgan fingerprint density at radius 1 is 1.62 bits per heavy atom. The molecule has 0 unspecified atom stereocenters. The molecule has 0 bridgehead atoms. The van der Waals surface area contributed by atoms with Gasteiger partial charge in [-0.15, -0.1) is 0 Å². The van der Waals surface area contributed by atoms with E-state index in [2.05, 4.69) is 4.98 Å². The van der Waals surface area contributed by atoms with Crippen LogP contribution in [0.4, 0.5) is 0 Å². The molecule has 0 amide bonds. The summed E-state index contributed by atoms with van der Waals surface area (Å²) in [5, 5.41) is 4.86. The van der Waals surface area contributed by atoms with Crippen molar-refractivity contribution in [3.63, 3.8) is 0 Å². The minimum atomic E-state index is -3.82. The van der Waals surface area contributed by atoms with Gasteiger partial charge in [-0.25, -0.2) is 18.5 Å². The van der Waals surface area contributed by atoms with Crippen molar-refractivity contribution >= 4 is 21.6 Å². The summed E-state index contributed by atoms with van der Waals surface area (Å²) in [6.07, 6.45) is 1.17. The first-order valence-corrected chi connectivity index (χ1v) is 5.10. The fourth-order valence-corrected chi connectivity index (χ4v) is 1.75. The van der Waals surface area contributed by atoms with Gasteiger partial charge in [-0.05, 0) is 0 Å². The van der Waals surface area contributed by atoms with Gasteiger partial charge in [0.15, 0.2) is 0 Å². The molecule has 0 saturated heterocycles. The van der Waals surface area contributed by atoms with Crippen LogP contribution in [0.1, 0.15) is 0 Å². The highest BCUT2D eigenvalue weighted by Crippen LogP contribution is 2.22. The summed E-state index contributed by atoms with van der Waals surface area (Å²) in [5.74, 6) is 0.147. The van der Waals surface area contributed by atoms with Crippen LogP contribution in [-0.4, -0.2) is 20.5 Å². The van der Waals surface area contributed by atoms with Crippen molar-refractivity contribution in [1.82, 2.24) is 4.98 Å². The fourth-order valence-electron chi connectivity index (χ4n) is 0.732. The number of methoxy groups -OCH3 is 1. The first kappa shape index (κ1) is 10.2. The molecule has 0 aliphatic carbocycles. The fraction of sp³-hybridized carbons (Fsp3) is 0.167. The molecule has 2 N–H and O–H groups in total. The van der Waals surface area contributed by atoms with Crippen molar-refractivity contribution in [2.75, 3.05) is 7.11 Å². The Morgan fingerprint density at radius 2 is 2.23 bits per heavy atom. The van der Waals surface area contributed by atoms with Crippen molar-refractivity contribution in [1.29, 1.82) is 0 Å². The molecule has 0 aliphatic heterocycles. The van der Waals surface area contributed by atoms with Crippen LogP contribution in [0.3, 0.4) is 0 Å². The number of sulfonamides is 1. The summed E-state index contributed by atoms with van der Waals surface area (Å²) in [6.45, 7) is 0. The quantitative estimate of drug-likeness (QED) is 0.785. The second kappa shape index (κ2) is 3.49. The van der Waals surface area contributed by atoms with Crippen LogP contribution in [-0.2, 0) is 10.0 Å². The molecular formula is C6H7ClN2O3S. The summed E-state index contributed by atoms with van der Waals surface area (Å²) < 4.78 is 26.6. The first-order valence-electron chi connectivity index (χ1n) is 3.17. The molecule has 0 atom stereocenters. The molecule has 0 aromatic carbocycles. The molecule has 1 rings (SSSR count). The van der Waals surface area contributed by atoms with Crippen LogP contribution < -0.4 is 9.88 Å². The maximum Gasteiger partial charge on any atom is 0.239 e. The number of rotatable bonds is 2. The first-order chi connectivity index (χ1) is 5.95. The van der Waals surface area contributed by atoms with Crippen LogP contribution >= 0.6 is 11.6 Å². The molecule has 7 heteroatoms. The van der Waals surface area contributed by atoms with Crippen LogP contribution in [0.25, 0.3) is 0 Å². The zero-order valence-electron chi connectivity index (χ0n) is 6.69. The zero-order valence-corrected chi connectivity index (χ0v) is 8.26. The Kier molecular flexibility index (Phi) is 2.74. The van der Waals surface area contributed by atoms with Crippen LogP contribution in [0.2, 0.25) is 5.02 Å². The summed E-state index contributed by atoms with van der Waals surface area (Å²) in [6, 6.07) is 1.16. The number of aromatic nitrogens is 1. The number of hydrogen-bond acceptors (Lipinski definition) is 4. The molecule has 5 nitrogen and oxygen atoms in total. The van der Waals surface area contributed by atoms with Crippen LogP contribution in [0.5, 0.6) is 5.88 Å².